The van der Waals surface area contributed by atoms with Gasteiger partial charge in [0.1, 0.15) is 6.54 Å². The maximum Gasteiger partial charge on any atom is 0.254 e. The predicted molar refractivity (Wildman–Crippen MR) is 159 cm³/mol. The van der Waals surface area contributed by atoms with E-state index in [1.54, 1.807) is 4.90 Å². The standard InChI is InChI=1S/C34H45N3O2/c1-3-5-12-23-36(34(39)30-21-19-28(4-2)20-22-30)27-33(38)37(31-16-10-7-11-17-31)26-32-18-13-24-35(32)25-29-14-8-6-9-15-29/h6,8-9,13-15,18-22,24,31H,3-5,7,10-12,16-17,23,25-27H2,1-2H3. The minimum absolute atomic E-state index is 0.0434. The third kappa shape index (κ3) is 8.08. The number of aromatic nitrogens is 1. The van der Waals surface area contributed by atoms with E-state index >= 15 is 0 Å². The summed E-state index contributed by atoms with van der Waals surface area (Å²) >= 11 is 0. The molecule has 5 heteroatoms. The van der Waals surface area contributed by atoms with Crippen molar-refractivity contribution in [1.82, 2.24) is 14.4 Å². The van der Waals surface area contributed by atoms with Crippen LogP contribution in [0.25, 0.3) is 0 Å². The largest absolute Gasteiger partial charge is 0.345 e. The van der Waals surface area contributed by atoms with Crippen molar-refractivity contribution in [3.8, 4) is 0 Å². The van der Waals surface area contributed by atoms with Gasteiger partial charge in [0.25, 0.3) is 5.91 Å². The van der Waals surface area contributed by atoms with Gasteiger partial charge in [0.05, 0.1) is 6.54 Å². The Labute approximate surface area is 234 Å². The number of unbranched alkanes of at least 4 members (excludes halogenated alkanes) is 2. The van der Waals surface area contributed by atoms with Crippen LogP contribution < -0.4 is 0 Å². The smallest absolute Gasteiger partial charge is 0.254 e. The van der Waals surface area contributed by atoms with Gasteiger partial charge in [-0.2, -0.15) is 0 Å². The van der Waals surface area contributed by atoms with E-state index in [0.717, 1.165) is 63.6 Å². The Balaban J connectivity index is 1.53. The lowest BCUT2D eigenvalue weighted by atomic mass is 9.94. The first-order valence-corrected chi connectivity index (χ1v) is 14.9. The molecule has 1 fully saturated rings. The van der Waals surface area contributed by atoms with Crippen molar-refractivity contribution in [3.63, 3.8) is 0 Å². The molecule has 2 amide bonds. The molecule has 0 radical (unpaired) electrons. The summed E-state index contributed by atoms with van der Waals surface area (Å²) in [4.78, 5) is 31.5. The molecule has 0 N–H and O–H groups in total. The number of amides is 2. The lowest BCUT2D eigenvalue weighted by Crippen LogP contribution is -2.47. The number of hydrogen-bond acceptors (Lipinski definition) is 2. The van der Waals surface area contributed by atoms with Gasteiger partial charge in [-0.15, -0.1) is 0 Å². The fraction of sp³-hybridized carbons (Fsp3) is 0.471. The maximum atomic E-state index is 14.0. The first-order chi connectivity index (χ1) is 19.1. The topological polar surface area (TPSA) is 45.6 Å². The molecule has 1 heterocycles. The van der Waals surface area contributed by atoms with Crippen LogP contribution in [0.4, 0.5) is 0 Å². The molecule has 1 aliphatic rings. The Morgan fingerprint density at radius 1 is 0.846 bits per heavy atom. The molecule has 0 aliphatic heterocycles. The highest BCUT2D eigenvalue weighted by atomic mass is 16.2. The Morgan fingerprint density at radius 2 is 1.59 bits per heavy atom. The van der Waals surface area contributed by atoms with Crippen LogP contribution in [0, 0.1) is 0 Å². The van der Waals surface area contributed by atoms with Crippen LogP contribution in [0.1, 0.15) is 92.4 Å². The Kier molecular flexibility index (Phi) is 10.8. The average molecular weight is 528 g/mol. The van der Waals surface area contributed by atoms with E-state index in [1.165, 1.54) is 17.5 Å². The summed E-state index contributed by atoms with van der Waals surface area (Å²) in [5, 5.41) is 0. The summed E-state index contributed by atoms with van der Waals surface area (Å²) in [6, 6.07) is 22.7. The maximum absolute atomic E-state index is 14.0. The molecule has 5 nitrogen and oxygen atoms in total. The predicted octanol–water partition coefficient (Wildman–Crippen LogP) is 7.09. The van der Waals surface area contributed by atoms with Gasteiger partial charge in [-0.25, -0.2) is 0 Å². The fourth-order valence-electron chi connectivity index (χ4n) is 5.64. The second kappa shape index (κ2) is 14.7. The van der Waals surface area contributed by atoms with Crippen molar-refractivity contribution < 1.29 is 9.59 Å². The van der Waals surface area contributed by atoms with Crippen LogP contribution in [0.5, 0.6) is 0 Å². The molecule has 208 valence electrons. The Hall–Kier alpha value is -3.34. The van der Waals surface area contributed by atoms with Gasteiger partial charge in [-0.1, -0.05) is 88.4 Å². The molecule has 3 aromatic rings. The molecular weight excluding hydrogens is 482 g/mol. The zero-order chi connectivity index (χ0) is 27.5. The van der Waals surface area contributed by atoms with Crippen molar-refractivity contribution in [2.75, 3.05) is 13.1 Å². The van der Waals surface area contributed by atoms with Crippen molar-refractivity contribution in [2.24, 2.45) is 0 Å². The molecular formula is C34H45N3O2. The summed E-state index contributed by atoms with van der Waals surface area (Å²) in [6.07, 6.45) is 11.7. The monoisotopic (exact) mass is 527 g/mol. The van der Waals surface area contributed by atoms with Gasteiger partial charge < -0.3 is 14.4 Å². The number of aryl methyl sites for hydroxylation is 1. The Morgan fingerprint density at radius 3 is 2.28 bits per heavy atom. The van der Waals surface area contributed by atoms with Gasteiger partial charge in [-0.05, 0) is 61.1 Å². The summed E-state index contributed by atoms with van der Waals surface area (Å²) in [7, 11) is 0. The number of carbonyl (C=O) groups excluding carboxylic acids is 2. The number of nitrogens with zero attached hydrogens (tertiary/aromatic N) is 3. The lowest BCUT2D eigenvalue weighted by molar-refractivity contribution is -0.135. The first kappa shape index (κ1) is 28.7. The van der Waals surface area contributed by atoms with E-state index in [4.69, 9.17) is 0 Å². The number of benzene rings is 2. The normalized spacial score (nSPS) is 13.8. The van der Waals surface area contributed by atoms with E-state index in [0.29, 0.717) is 18.7 Å². The molecule has 2 aromatic carbocycles. The number of rotatable bonds is 13. The van der Waals surface area contributed by atoms with Gasteiger partial charge in [-0.3, -0.25) is 9.59 Å². The zero-order valence-electron chi connectivity index (χ0n) is 23.9. The molecule has 0 spiro atoms. The minimum atomic E-state index is -0.0434. The number of hydrogen-bond donors (Lipinski definition) is 0. The van der Waals surface area contributed by atoms with Crippen molar-refractivity contribution in [1.29, 1.82) is 0 Å². The highest BCUT2D eigenvalue weighted by molar-refractivity contribution is 5.96. The third-order valence-corrected chi connectivity index (χ3v) is 8.04. The van der Waals surface area contributed by atoms with Crippen molar-refractivity contribution in [3.05, 3.63) is 95.3 Å². The molecule has 0 bridgehead atoms. The SMILES string of the molecule is CCCCCN(CC(=O)N(Cc1cccn1Cc1ccccc1)C1CCCCC1)C(=O)c1ccc(CC)cc1. The zero-order valence-corrected chi connectivity index (χ0v) is 23.9. The van der Waals surface area contributed by atoms with Crippen LogP contribution in [-0.2, 0) is 24.3 Å². The highest BCUT2D eigenvalue weighted by Gasteiger charge is 2.29. The molecule has 1 aliphatic carbocycles. The minimum Gasteiger partial charge on any atom is -0.345 e. The summed E-state index contributed by atoms with van der Waals surface area (Å²) in [5.74, 6) is 0.0162. The molecule has 0 atom stereocenters. The van der Waals surface area contributed by atoms with Crippen LogP contribution in [0.3, 0.4) is 0 Å². The first-order valence-electron chi connectivity index (χ1n) is 14.9. The van der Waals surface area contributed by atoms with Gasteiger partial charge in [0.15, 0.2) is 0 Å². The summed E-state index contributed by atoms with van der Waals surface area (Å²) in [6.45, 7) is 6.38. The molecule has 0 unspecified atom stereocenters. The van der Waals surface area contributed by atoms with E-state index < -0.39 is 0 Å². The molecule has 1 saturated carbocycles. The summed E-state index contributed by atoms with van der Waals surface area (Å²) < 4.78 is 2.25. The van der Waals surface area contributed by atoms with Gasteiger partial charge in [0.2, 0.25) is 5.91 Å². The quantitative estimate of drug-likeness (QED) is 0.223. The van der Waals surface area contributed by atoms with E-state index in [2.05, 4.69) is 65.9 Å². The average Bonchev–Trinajstić information content (AvgIpc) is 3.42. The second-order valence-corrected chi connectivity index (χ2v) is 10.9. The van der Waals surface area contributed by atoms with Crippen LogP contribution in [-0.4, -0.2) is 45.3 Å². The third-order valence-electron chi connectivity index (χ3n) is 8.04. The van der Waals surface area contributed by atoms with E-state index in [-0.39, 0.29) is 24.4 Å². The highest BCUT2D eigenvalue weighted by Crippen LogP contribution is 2.25. The Bertz CT molecular complexity index is 1160. The van der Waals surface area contributed by atoms with Gasteiger partial charge in [0, 0.05) is 36.6 Å². The fourth-order valence-corrected chi connectivity index (χ4v) is 5.64. The van der Waals surface area contributed by atoms with E-state index in [9.17, 15) is 9.59 Å². The van der Waals surface area contributed by atoms with Crippen LogP contribution in [0.2, 0.25) is 0 Å². The molecule has 1 aromatic heterocycles. The van der Waals surface area contributed by atoms with Crippen LogP contribution in [0.15, 0.2) is 72.9 Å². The van der Waals surface area contributed by atoms with Crippen LogP contribution >= 0.6 is 0 Å². The van der Waals surface area contributed by atoms with E-state index in [1.807, 2.05) is 30.3 Å². The summed E-state index contributed by atoms with van der Waals surface area (Å²) in [5.41, 5.74) is 4.25. The van der Waals surface area contributed by atoms with Crippen molar-refractivity contribution in [2.45, 2.75) is 90.8 Å². The van der Waals surface area contributed by atoms with Gasteiger partial charge >= 0.3 is 0 Å². The molecule has 0 saturated heterocycles. The lowest BCUT2D eigenvalue weighted by Gasteiger charge is -2.36. The molecule has 4 rings (SSSR count). The van der Waals surface area contributed by atoms with Crippen molar-refractivity contribution >= 4 is 11.8 Å². The molecule has 39 heavy (non-hydrogen) atoms. The number of carbonyl (C=O) groups is 2. The second-order valence-electron chi connectivity index (χ2n) is 10.9.